The first-order valence-corrected chi connectivity index (χ1v) is 10.3. The highest BCUT2D eigenvalue weighted by molar-refractivity contribution is 5.79. The number of hydrogen-bond acceptors (Lipinski definition) is 3. The zero-order valence-electron chi connectivity index (χ0n) is 17.2. The SMILES string of the molecule is CCC(CC)n1c(=O)n(Cc2cncn2CC)c2cc(-c3ccccc3)cnc21. The molecule has 4 aromatic rings. The molecule has 0 atom stereocenters. The summed E-state index contributed by atoms with van der Waals surface area (Å²) in [6.07, 6.45) is 7.31. The second kappa shape index (κ2) is 8.07. The minimum Gasteiger partial charge on any atom is -0.333 e. The number of imidazole rings is 2. The van der Waals surface area contributed by atoms with E-state index in [1.54, 1.807) is 0 Å². The van der Waals surface area contributed by atoms with Crippen molar-refractivity contribution in [2.24, 2.45) is 0 Å². The monoisotopic (exact) mass is 389 g/mol. The largest absolute Gasteiger partial charge is 0.333 e. The van der Waals surface area contributed by atoms with E-state index in [4.69, 9.17) is 4.98 Å². The number of pyridine rings is 1. The lowest BCUT2D eigenvalue weighted by Crippen LogP contribution is -2.28. The average Bonchev–Trinajstić information content (AvgIpc) is 3.33. The summed E-state index contributed by atoms with van der Waals surface area (Å²) >= 11 is 0. The number of rotatable bonds is 7. The number of hydrogen-bond donors (Lipinski definition) is 0. The zero-order chi connectivity index (χ0) is 20.4. The van der Waals surface area contributed by atoms with E-state index in [9.17, 15) is 4.79 Å². The summed E-state index contributed by atoms with van der Waals surface area (Å²) in [5, 5.41) is 0. The van der Waals surface area contributed by atoms with E-state index in [2.05, 4.69) is 48.5 Å². The van der Waals surface area contributed by atoms with Gasteiger partial charge in [-0.3, -0.25) is 9.13 Å². The molecule has 0 spiro atoms. The minimum absolute atomic E-state index is 0.00438. The van der Waals surface area contributed by atoms with Crippen molar-refractivity contribution in [2.45, 2.75) is 52.7 Å². The standard InChI is InChI=1S/C23H27N5O/c1-4-19(5-2)28-22-21(12-18(13-25-22)17-10-8-7-9-11-17)27(23(28)29)15-20-14-24-16-26(20)6-3/h7-14,16,19H,4-6,15H2,1-3H3. The first-order chi connectivity index (χ1) is 14.2. The maximum Gasteiger partial charge on any atom is 0.330 e. The molecule has 0 amide bonds. The van der Waals surface area contributed by atoms with Gasteiger partial charge < -0.3 is 4.57 Å². The van der Waals surface area contributed by atoms with Crippen molar-refractivity contribution < 1.29 is 0 Å². The Morgan fingerprint density at radius 3 is 2.45 bits per heavy atom. The van der Waals surface area contributed by atoms with E-state index in [0.29, 0.717) is 6.54 Å². The van der Waals surface area contributed by atoms with Gasteiger partial charge >= 0.3 is 5.69 Å². The molecule has 0 unspecified atom stereocenters. The first-order valence-electron chi connectivity index (χ1n) is 10.3. The van der Waals surface area contributed by atoms with E-state index >= 15 is 0 Å². The maximum absolute atomic E-state index is 13.5. The second-order valence-corrected chi connectivity index (χ2v) is 7.31. The first kappa shape index (κ1) is 19.2. The summed E-state index contributed by atoms with van der Waals surface area (Å²) in [5.74, 6) is 0. The number of aromatic nitrogens is 5. The fourth-order valence-corrected chi connectivity index (χ4v) is 4.00. The second-order valence-electron chi connectivity index (χ2n) is 7.31. The van der Waals surface area contributed by atoms with Gasteiger partial charge in [0.05, 0.1) is 24.1 Å². The highest BCUT2D eigenvalue weighted by atomic mass is 16.1. The van der Waals surface area contributed by atoms with Crippen LogP contribution in [-0.2, 0) is 13.1 Å². The molecule has 0 bridgehead atoms. The van der Waals surface area contributed by atoms with Crippen LogP contribution < -0.4 is 5.69 Å². The van der Waals surface area contributed by atoms with Crippen molar-refractivity contribution in [2.75, 3.05) is 0 Å². The van der Waals surface area contributed by atoms with Crippen molar-refractivity contribution in [3.05, 3.63) is 71.3 Å². The van der Waals surface area contributed by atoms with E-state index in [1.165, 1.54) is 0 Å². The molecular formula is C23H27N5O. The number of fused-ring (bicyclic) bond motifs is 1. The molecule has 4 rings (SSSR count). The van der Waals surface area contributed by atoms with Crippen LogP contribution in [0.25, 0.3) is 22.3 Å². The van der Waals surface area contributed by atoms with E-state index in [0.717, 1.165) is 47.4 Å². The Hall–Kier alpha value is -3.15. The van der Waals surface area contributed by atoms with Crippen molar-refractivity contribution >= 4 is 11.2 Å². The quantitative estimate of drug-likeness (QED) is 0.468. The molecule has 0 saturated heterocycles. The molecule has 0 fully saturated rings. The van der Waals surface area contributed by atoms with Gasteiger partial charge in [0.1, 0.15) is 0 Å². The number of benzene rings is 1. The van der Waals surface area contributed by atoms with Gasteiger partial charge in [0.25, 0.3) is 0 Å². The maximum atomic E-state index is 13.5. The average molecular weight is 390 g/mol. The highest BCUT2D eigenvalue weighted by Gasteiger charge is 2.21. The van der Waals surface area contributed by atoms with Gasteiger partial charge in [-0.1, -0.05) is 44.2 Å². The zero-order valence-corrected chi connectivity index (χ0v) is 17.2. The fraction of sp³-hybridized carbons (Fsp3) is 0.348. The Morgan fingerprint density at radius 1 is 1.00 bits per heavy atom. The van der Waals surface area contributed by atoms with Crippen LogP contribution in [0.1, 0.15) is 45.3 Å². The van der Waals surface area contributed by atoms with Gasteiger partial charge in [0.2, 0.25) is 0 Å². The number of aryl methyl sites for hydroxylation is 1. The lowest BCUT2D eigenvalue weighted by molar-refractivity contribution is 0.460. The Balaban J connectivity index is 1.93. The normalized spacial score (nSPS) is 11.6. The van der Waals surface area contributed by atoms with Crippen molar-refractivity contribution in [3.63, 3.8) is 0 Å². The molecule has 0 N–H and O–H groups in total. The Labute approximate surface area is 170 Å². The van der Waals surface area contributed by atoms with E-state index < -0.39 is 0 Å². The van der Waals surface area contributed by atoms with Crippen LogP contribution in [-0.4, -0.2) is 23.7 Å². The molecule has 0 aliphatic carbocycles. The summed E-state index contributed by atoms with van der Waals surface area (Å²) in [5.41, 5.74) is 4.74. The lowest BCUT2D eigenvalue weighted by Gasteiger charge is -2.13. The third-order valence-electron chi connectivity index (χ3n) is 5.68. The molecule has 0 saturated carbocycles. The Bertz CT molecular complexity index is 1170. The summed E-state index contributed by atoms with van der Waals surface area (Å²) in [6, 6.07) is 12.4. The molecule has 3 aromatic heterocycles. The molecule has 6 nitrogen and oxygen atoms in total. The molecule has 0 radical (unpaired) electrons. The van der Waals surface area contributed by atoms with Crippen LogP contribution in [0.5, 0.6) is 0 Å². The summed E-state index contributed by atoms with van der Waals surface area (Å²) in [4.78, 5) is 22.5. The number of nitrogens with zero attached hydrogens (tertiary/aromatic N) is 5. The molecule has 29 heavy (non-hydrogen) atoms. The summed E-state index contributed by atoms with van der Waals surface area (Å²) in [7, 11) is 0. The summed E-state index contributed by atoms with van der Waals surface area (Å²) in [6.45, 7) is 7.62. The predicted octanol–water partition coefficient (Wildman–Crippen LogP) is 4.49. The smallest absolute Gasteiger partial charge is 0.330 e. The summed E-state index contributed by atoms with van der Waals surface area (Å²) < 4.78 is 5.79. The molecule has 150 valence electrons. The third kappa shape index (κ3) is 3.39. The Kier molecular flexibility index (Phi) is 5.34. The van der Waals surface area contributed by atoms with Gasteiger partial charge in [-0.15, -0.1) is 0 Å². The minimum atomic E-state index is -0.00438. The van der Waals surface area contributed by atoms with Crippen LogP contribution in [0.3, 0.4) is 0 Å². The van der Waals surface area contributed by atoms with Gasteiger partial charge in [-0.2, -0.15) is 0 Å². The molecule has 1 aromatic carbocycles. The molecule has 6 heteroatoms. The van der Waals surface area contributed by atoms with Crippen LogP contribution in [0.15, 0.2) is 59.9 Å². The van der Waals surface area contributed by atoms with Gasteiger partial charge in [0.15, 0.2) is 5.65 Å². The topological polar surface area (TPSA) is 57.6 Å². The van der Waals surface area contributed by atoms with Crippen LogP contribution in [0, 0.1) is 0 Å². The lowest BCUT2D eigenvalue weighted by atomic mass is 10.1. The third-order valence-corrected chi connectivity index (χ3v) is 5.68. The van der Waals surface area contributed by atoms with E-state index in [-0.39, 0.29) is 11.7 Å². The van der Waals surface area contributed by atoms with Gasteiger partial charge in [-0.25, -0.2) is 14.8 Å². The molecule has 0 aliphatic rings. The van der Waals surface area contributed by atoms with Crippen LogP contribution in [0.2, 0.25) is 0 Å². The van der Waals surface area contributed by atoms with Gasteiger partial charge in [-0.05, 0) is 31.4 Å². The van der Waals surface area contributed by atoms with Crippen LogP contribution >= 0.6 is 0 Å². The fourth-order valence-electron chi connectivity index (χ4n) is 4.00. The Morgan fingerprint density at radius 2 is 1.76 bits per heavy atom. The molecule has 3 heterocycles. The van der Waals surface area contributed by atoms with Crippen molar-refractivity contribution in [1.29, 1.82) is 0 Å². The molecule has 0 aliphatic heterocycles. The molecular weight excluding hydrogens is 362 g/mol. The van der Waals surface area contributed by atoms with Crippen molar-refractivity contribution in [1.82, 2.24) is 23.7 Å². The van der Waals surface area contributed by atoms with E-state index in [1.807, 2.05) is 46.1 Å². The van der Waals surface area contributed by atoms with Crippen LogP contribution in [0.4, 0.5) is 0 Å². The predicted molar refractivity (Wildman–Crippen MR) is 116 cm³/mol. The highest BCUT2D eigenvalue weighted by Crippen LogP contribution is 2.25. The van der Waals surface area contributed by atoms with Crippen molar-refractivity contribution in [3.8, 4) is 11.1 Å². The van der Waals surface area contributed by atoms with Gasteiger partial charge in [0, 0.05) is 30.5 Å².